The van der Waals surface area contributed by atoms with E-state index in [-0.39, 0.29) is 28.7 Å². The number of hydrogen-bond donors (Lipinski definition) is 4. The van der Waals surface area contributed by atoms with E-state index in [0.717, 1.165) is 25.7 Å². The van der Waals surface area contributed by atoms with Gasteiger partial charge in [0, 0.05) is 0 Å². The fourth-order valence-corrected chi connectivity index (χ4v) is 2.84. The number of nitrogens with two attached hydrogens (primary N) is 2. The molecule has 0 radical (unpaired) electrons. The molecule has 0 unspecified atom stereocenters. The molecule has 2 rings (SSSR count). The van der Waals surface area contributed by atoms with Gasteiger partial charge in [0.15, 0.2) is 5.82 Å². The molecule has 0 spiro atoms. The Kier molecular flexibility index (Phi) is 4.30. The van der Waals surface area contributed by atoms with Crippen LogP contribution in [-0.4, -0.2) is 17.3 Å². The van der Waals surface area contributed by atoms with Crippen LogP contribution in [-0.2, 0) is 0 Å². The second-order valence-corrected chi connectivity index (χ2v) is 6.18. The predicted molar refractivity (Wildman–Crippen MR) is 81.3 cm³/mol. The van der Waals surface area contributed by atoms with Crippen molar-refractivity contribution in [2.24, 2.45) is 5.92 Å². The van der Waals surface area contributed by atoms with Gasteiger partial charge in [-0.2, -0.15) is 0 Å². The third-order valence-corrected chi connectivity index (χ3v) is 4.57. The Morgan fingerprint density at radius 3 is 2.55 bits per heavy atom. The molecule has 1 aromatic rings. The first-order valence-corrected chi connectivity index (χ1v) is 7.18. The predicted octanol–water partition coefficient (Wildman–Crippen LogP) is 3.00. The van der Waals surface area contributed by atoms with Crippen molar-refractivity contribution in [3.05, 3.63) is 16.9 Å². The second-order valence-electron chi connectivity index (χ2n) is 5.80. The number of aliphatic hydroxyl groups excluding tert-OH is 1. The molecule has 0 heterocycles. The highest BCUT2D eigenvalue weighted by Crippen LogP contribution is 2.39. The van der Waals surface area contributed by atoms with Crippen LogP contribution in [0.2, 0.25) is 5.02 Å². The molecule has 0 saturated heterocycles. The molecule has 0 aliphatic heterocycles. The van der Waals surface area contributed by atoms with Crippen molar-refractivity contribution in [1.29, 1.82) is 0 Å². The van der Waals surface area contributed by atoms with E-state index < -0.39 is 11.4 Å². The van der Waals surface area contributed by atoms with Crippen molar-refractivity contribution in [2.45, 2.75) is 38.1 Å². The molecule has 6 heteroatoms. The zero-order valence-corrected chi connectivity index (χ0v) is 12.3. The van der Waals surface area contributed by atoms with E-state index >= 15 is 0 Å². The SMILES string of the molecule is CC1CCC(CO)(Nc2c(N)cc(N)c(Cl)c2F)CC1. The van der Waals surface area contributed by atoms with E-state index in [1.54, 1.807) is 0 Å². The summed E-state index contributed by atoms with van der Waals surface area (Å²) >= 11 is 5.83. The lowest BCUT2D eigenvalue weighted by atomic mass is 9.77. The average Bonchev–Trinajstić information content (AvgIpc) is 2.44. The summed E-state index contributed by atoms with van der Waals surface area (Å²) in [7, 11) is 0. The lowest BCUT2D eigenvalue weighted by Gasteiger charge is -2.40. The van der Waals surface area contributed by atoms with E-state index in [4.69, 9.17) is 23.1 Å². The topological polar surface area (TPSA) is 84.3 Å². The first kappa shape index (κ1) is 15.2. The van der Waals surface area contributed by atoms with Crippen molar-refractivity contribution in [1.82, 2.24) is 0 Å². The highest BCUT2D eigenvalue weighted by atomic mass is 35.5. The Morgan fingerprint density at radius 1 is 1.40 bits per heavy atom. The van der Waals surface area contributed by atoms with Gasteiger partial charge in [0.1, 0.15) is 5.02 Å². The number of benzene rings is 1. The maximum Gasteiger partial charge on any atom is 0.169 e. The van der Waals surface area contributed by atoms with Gasteiger partial charge in [-0.1, -0.05) is 18.5 Å². The van der Waals surface area contributed by atoms with Gasteiger partial charge in [-0.15, -0.1) is 0 Å². The Morgan fingerprint density at radius 2 is 2.00 bits per heavy atom. The molecule has 1 aromatic carbocycles. The van der Waals surface area contributed by atoms with Crippen LogP contribution in [0.25, 0.3) is 0 Å². The van der Waals surface area contributed by atoms with Gasteiger partial charge in [0.25, 0.3) is 0 Å². The monoisotopic (exact) mass is 301 g/mol. The fraction of sp³-hybridized carbons (Fsp3) is 0.571. The van der Waals surface area contributed by atoms with Crippen LogP contribution < -0.4 is 16.8 Å². The molecule has 1 saturated carbocycles. The lowest BCUT2D eigenvalue weighted by molar-refractivity contribution is 0.155. The molecule has 1 aliphatic rings. The molecule has 0 atom stereocenters. The number of anilines is 3. The Labute approximate surface area is 123 Å². The van der Waals surface area contributed by atoms with Crippen LogP contribution >= 0.6 is 11.6 Å². The van der Waals surface area contributed by atoms with Gasteiger partial charge in [0.05, 0.1) is 29.2 Å². The molecule has 20 heavy (non-hydrogen) atoms. The van der Waals surface area contributed by atoms with Gasteiger partial charge in [0.2, 0.25) is 0 Å². The molecule has 6 N–H and O–H groups in total. The summed E-state index contributed by atoms with van der Waals surface area (Å²) in [6.07, 6.45) is 3.51. The quantitative estimate of drug-likeness (QED) is 0.647. The number of aliphatic hydroxyl groups is 1. The van der Waals surface area contributed by atoms with E-state index in [9.17, 15) is 9.50 Å². The zero-order valence-electron chi connectivity index (χ0n) is 11.5. The van der Waals surface area contributed by atoms with Gasteiger partial charge >= 0.3 is 0 Å². The molecule has 0 bridgehead atoms. The van der Waals surface area contributed by atoms with Crippen molar-refractivity contribution in [3.8, 4) is 0 Å². The molecule has 0 aromatic heterocycles. The van der Waals surface area contributed by atoms with Gasteiger partial charge in [-0.05, 0) is 37.7 Å². The third-order valence-electron chi connectivity index (χ3n) is 4.19. The van der Waals surface area contributed by atoms with E-state index in [2.05, 4.69) is 12.2 Å². The van der Waals surface area contributed by atoms with E-state index in [0.29, 0.717) is 5.92 Å². The molecular weight excluding hydrogens is 281 g/mol. The van der Waals surface area contributed by atoms with Crippen molar-refractivity contribution in [2.75, 3.05) is 23.4 Å². The van der Waals surface area contributed by atoms with Gasteiger partial charge in [-0.25, -0.2) is 4.39 Å². The van der Waals surface area contributed by atoms with Gasteiger partial charge in [-0.3, -0.25) is 0 Å². The zero-order chi connectivity index (χ0) is 14.9. The minimum atomic E-state index is -0.657. The van der Waals surface area contributed by atoms with Crippen molar-refractivity contribution in [3.63, 3.8) is 0 Å². The molecular formula is C14H21ClFN3O. The lowest BCUT2D eigenvalue weighted by Crippen LogP contribution is -2.45. The van der Waals surface area contributed by atoms with Crippen LogP contribution in [0.5, 0.6) is 0 Å². The van der Waals surface area contributed by atoms with Crippen molar-refractivity contribution < 1.29 is 9.50 Å². The van der Waals surface area contributed by atoms with Crippen LogP contribution in [0.3, 0.4) is 0 Å². The number of nitrogens with one attached hydrogen (secondary N) is 1. The third kappa shape index (κ3) is 2.79. The number of hydrogen-bond acceptors (Lipinski definition) is 4. The first-order valence-electron chi connectivity index (χ1n) is 6.80. The molecule has 1 aliphatic carbocycles. The second kappa shape index (κ2) is 5.66. The van der Waals surface area contributed by atoms with E-state index in [1.165, 1.54) is 6.07 Å². The summed E-state index contributed by atoms with van der Waals surface area (Å²) in [5.41, 5.74) is 11.3. The van der Waals surface area contributed by atoms with Gasteiger partial charge < -0.3 is 21.9 Å². The smallest absolute Gasteiger partial charge is 0.169 e. The first-order chi connectivity index (χ1) is 9.38. The fourth-order valence-electron chi connectivity index (χ4n) is 2.70. The van der Waals surface area contributed by atoms with Crippen molar-refractivity contribution >= 4 is 28.7 Å². The Hall–Kier alpha value is -1.20. The molecule has 0 amide bonds. The van der Waals surface area contributed by atoms with Crippen LogP contribution in [0, 0.1) is 11.7 Å². The minimum Gasteiger partial charge on any atom is -0.397 e. The molecule has 1 fully saturated rings. The Bertz CT molecular complexity index is 502. The highest BCUT2D eigenvalue weighted by Gasteiger charge is 2.35. The maximum absolute atomic E-state index is 14.2. The van der Waals surface area contributed by atoms with E-state index in [1.807, 2.05) is 0 Å². The summed E-state index contributed by atoms with van der Waals surface area (Å²) in [6, 6.07) is 1.43. The summed E-state index contributed by atoms with van der Waals surface area (Å²) in [4.78, 5) is 0. The number of nitrogen functional groups attached to an aromatic ring is 2. The molecule has 112 valence electrons. The minimum absolute atomic E-state index is 0.0689. The maximum atomic E-state index is 14.2. The average molecular weight is 302 g/mol. The summed E-state index contributed by atoms with van der Waals surface area (Å²) in [5, 5.41) is 12.7. The van der Waals surface area contributed by atoms with Crippen LogP contribution in [0.1, 0.15) is 32.6 Å². The van der Waals surface area contributed by atoms with Crippen LogP contribution in [0.4, 0.5) is 21.5 Å². The normalized spacial score (nSPS) is 26.5. The molecule has 4 nitrogen and oxygen atoms in total. The summed E-state index contributed by atoms with van der Waals surface area (Å²) in [5.74, 6) is -0.0377. The largest absolute Gasteiger partial charge is 0.397 e. The summed E-state index contributed by atoms with van der Waals surface area (Å²) < 4.78 is 14.2. The Balaban J connectivity index is 2.31. The highest BCUT2D eigenvalue weighted by molar-refractivity contribution is 6.33. The summed E-state index contributed by atoms with van der Waals surface area (Å²) in [6.45, 7) is 2.11. The number of rotatable bonds is 3. The van der Waals surface area contributed by atoms with Crippen LogP contribution in [0.15, 0.2) is 6.07 Å². The standard InChI is InChI=1S/C14H21ClFN3O/c1-8-2-4-14(7-20,5-3-8)19-13-10(18)6-9(17)11(15)12(13)16/h6,8,19-20H,2-5,7,17-18H2,1H3. The number of halogens is 2.